The van der Waals surface area contributed by atoms with E-state index in [1.807, 2.05) is 4.90 Å². The third-order valence-electron chi connectivity index (χ3n) is 3.68. The Balaban J connectivity index is 2.18. The van der Waals surface area contributed by atoms with E-state index in [1.165, 1.54) is 5.56 Å². The van der Waals surface area contributed by atoms with Gasteiger partial charge < -0.3 is 10.2 Å². The molecule has 1 saturated heterocycles. The molecule has 1 aliphatic rings. The van der Waals surface area contributed by atoms with Crippen molar-refractivity contribution in [1.29, 1.82) is 0 Å². The lowest BCUT2D eigenvalue weighted by atomic mass is 10.0. The van der Waals surface area contributed by atoms with Crippen LogP contribution < -0.4 is 10.2 Å². The van der Waals surface area contributed by atoms with Gasteiger partial charge in [0.15, 0.2) is 0 Å². The van der Waals surface area contributed by atoms with Crippen molar-refractivity contribution in [2.24, 2.45) is 5.92 Å². The molecule has 3 heteroatoms. The molecular formula is C16H24N2O. The third-order valence-corrected chi connectivity index (χ3v) is 3.68. The van der Waals surface area contributed by atoms with E-state index < -0.39 is 0 Å². The van der Waals surface area contributed by atoms with Gasteiger partial charge in [-0.3, -0.25) is 4.79 Å². The summed E-state index contributed by atoms with van der Waals surface area (Å²) in [5.41, 5.74) is 2.35. The molecule has 0 bridgehead atoms. The molecule has 1 unspecified atom stereocenters. The van der Waals surface area contributed by atoms with Crippen LogP contribution >= 0.6 is 0 Å². The van der Waals surface area contributed by atoms with Gasteiger partial charge in [-0.05, 0) is 36.1 Å². The fourth-order valence-corrected chi connectivity index (χ4v) is 2.45. The second-order valence-corrected chi connectivity index (χ2v) is 5.81. The van der Waals surface area contributed by atoms with Gasteiger partial charge in [0.05, 0.1) is 0 Å². The van der Waals surface area contributed by atoms with Crippen molar-refractivity contribution < 1.29 is 4.79 Å². The topological polar surface area (TPSA) is 32.3 Å². The Labute approximate surface area is 116 Å². The maximum absolute atomic E-state index is 12.2. The summed E-state index contributed by atoms with van der Waals surface area (Å²) in [5.74, 6) is 1.23. The maximum Gasteiger partial charge on any atom is 0.228 e. The Morgan fingerprint density at radius 1 is 1.26 bits per heavy atom. The highest BCUT2D eigenvalue weighted by atomic mass is 16.2. The van der Waals surface area contributed by atoms with Crippen molar-refractivity contribution in [3.63, 3.8) is 0 Å². The first kappa shape index (κ1) is 14.1. The Bertz CT molecular complexity index is 425. The van der Waals surface area contributed by atoms with E-state index in [0.717, 1.165) is 25.3 Å². The van der Waals surface area contributed by atoms with E-state index in [1.54, 1.807) is 0 Å². The van der Waals surface area contributed by atoms with Gasteiger partial charge in [-0.25, -0.2) is 0 Å². The highest BCUT2D eigenvalue weighted by Crippen LogP contribution is 2.22. The van der Waals surface area contributed by atoms with Gasteiger partial charge in [0, 0.05) is 25.2 Å². The van der Waals surface area contributed by atoms with E-state index in [-0.39, 0.29) is 5.91 Å². The van der Waals surface area contributed by atoms with Gasteiger partial charge in [-0.15, -0.1) is 0 Å². The van der Waals surface area contributed by atoms with Crippen molar-refractivity contribution in [2.45, 2.75) is 33.1 Å². The molecule has 1 fully saturated rings. The fraction of sp³-hybridized carbons (Fsp3) is 0.562. The molecule has 19 heavy (non-hydrogen) atoms. The molecule has 1 amide bonds. The van der Waals surface area contributed by atoms with Crippen LogP contribution in [0.2, 0.25) is 0 Å². The number of amides is 1. The van der Waals surface area contributed by atoms with Crippen molar-refractivity contribution in [3.05, 3.63) is 29.8 Å². The van der Waals surface area contributed by atoms with Crippen molar-refractivity contribution >= 4 is 11.6 Å². The zero-order valence-electron chi connectivity index (χ0n) is 12.1. The molecule has 3 nitrogen and oxygen atoms in total. The average Bonchev–Trinajstić information content (AvgIpc) is 2.39. The molecule has 1 N–H and O–H groups in total. The molecule has 1 atom stereocenters. The van der Waals surface area contributed by atoms with Crippen LogP contribution in [0.1, 0.15) is 38.7 Å². The van der Waals surface area contributed by atoms with Crippen molar-refractivity contribution in [3.8, 4) is 0 Å². The molecule has 0 saturated carbocycles. The summed E-state index contributed by atoms with van der Waals surface area (Å²) in [6.45, 7) is 9.11. The number of benzene rings is 1. The minimum atomic E-state index is 0.219. The van der Waals surface area contributed by atoms with Crippen LogP contribution in [0.4, 0.5) is 5.69 Å². The lowest BCUT2D eigenvalue weighted by Gasteiger charge is -2.29. The average molecular weight is 260 g/mol. The summed E-state index contributed by atoms with van der Waals surface area (Å²) in [6.07, 6.45) is 0.582. The van der Waals surface area contributed by atoms with Gasteiger partial charge in [-0.2, -0.15) is 0 Å². The van der Waals surface area contributed by atoms with Gasteiger partial charge in [0.1, 0.15) is 0 Å². The molecule has 104 valence electrons. The summed E-state index contributed by atoms with van der Waals surface area (Å²) in [5, 5.41) is 3.32. The van der Waals surface area contributed by atoms with Crippen LogP contribution in [0.25, 0.3) is 0 Å². The zero-order chi connectivity index (χ0) is 13.8. The molecule has 1 aromatic carbocycles. The second-order valence-electron chi connectivity index (χ2n) is 5.81. The molecular weight excluding hydrogens is 236 g/mol. The Kier molecular flexibility index (Phi) is 4.59. The normalized spacial score (nSPS) is 21.4. The van der Waals surface area contributed by atoms with Gasteiger partial charge in [0.25, 0.3) is 0 Å². The van der Waals surface area contributed by atoms with Crippen LogP contribution in [0.3, 0.4) is 0 Å². The van der Waals surface area contributed by atoms with E-state index in [2.05, 4.69) is 50.4 Å². The Morgan fingerprint density at radius 2 is 1.95 bits per heavy atom. The molecule has 0 radical (unpaired) electrons. The molecule has 1 aromatic rings. The number of nitrogens with zero attached hydrogens (tertiary/aromatic N) is 1. The number of anilines is 1. The maximum atomic E-state index is 12.2. The Hall–Kier alpha value is -1.35. The lowest BCUT2D eigenvalue weighted by Crippen LogP contribution is -2.42. The van der Waals surface area contributed by atoms with Crippen LogP contribution in [0, 0.1) is 5.92 Å². The largest absolute Gasteiger partial charge is 0.316 e. The lowest BCUT2D eigenvalue weighted by molar-refractivity contribution is -0.118. The monoisotopic (exact) mass is 260 g/mol. The predicted molar refractivity (Wildman–Crippen MR) is 79.5 cm³/mol. The molecule has 1 aliphatic heterocycles. The van der Waals surface area contributed by atoms with E-state index in [4.69, 9.17) is 0 Å². The van der Waals surface area contributed by atoms with Gasteiger partial charge in [-0.1, -0.05) is 32.9 Å². The standard InChI is InChI=1S/C16H24N2O/c1-12(2)14-4-6-15(7-5-14)18-11-13(3)10-17-9-8-16(18)19/h4-7,12-13,17H,8-11H2,1-3H3. The van der Waals surface area contributed by atoms with Gasteiger partial charge in [0.2, 0.25) is 5.91 Å². The molecule has 0 aromatic heterocycles. The van der Waals surface area contributed by atoms with Crippen LogP contribution in [0.15, 0.2) is 24.3 Å². The van der Waals surface area contributed by atoms with E-state index in [0.29, 0.717) is 18.3 Å². The summed E-state index contributed by atoms with van der Waals surface area (Å²) < 4.78 is 0. The summed E-state index contributed by atoms with van der Waals surface area (Å²) in [4.78, 5) is 14.2. The summed E-state index contributed by atoms with van der Waals surface area (Å²) in [7, 11) is 0. The SMILES string of the molecule is CC1CNCCC(=O)N(c2ccc(C(C)C)cc2)C1. The highest BCUT2D eigenvalue weighted by molar-refractivity contribution is 5.93. The first-order valence-electron chi connectivity index (χ1n) is 7.19. The van der Waals surface area contributed by atoms with Crippen LogP contribution in [-0.2, 0) is 4.79 Å². The quantitative estimate of drug-likeness (QED) is 0.887. The smallest absolute Gasteiger partial charge is 0.228 e. The number of nitrogens with one attached hydrogen (secondary N) is 1. The van der Waals surface area contributed by atoms with Crippen molar-refractivity contribution in [2.75, 3.05) is 24.5 Å². The number of rotatable bonds is 2. The van der Waals surface area contributed by atoms with Crippen molar-refractivity contribution in [1.82, 2.24) is 5.32 Å². The predicted octanol–water partition coefficient (Wildman–Crippen LogP) is 2.77. The molecule has 0 spiro atoms. The summed E-state index contributed by atoms with van der Waals surface area (Å²) in [6, 6.07) is 8.42. The first-order valence-corrected chi connectivity index (χ1v) is 7.19. The van der Waals surface area contributed by atoms with E-state index >= 15 is 0 Å². The fourth-order valence-electron chi connectivity index (χ4n) is 2.45. The highest BCUT2D eigenvalue weighted by Gasteiger charge is 2.20. The second kappa shape index (κ2) is 6.20. The van der Waals surface area contributed by atoms with Gasteiger partial charge >= 0.3 is 0 Å². The molecule has 1 heterocycles. The van der Waals surface area contributed by atoms with Crippen LogP contribution in [0.5, 0.6) is 0 Å². The summed E-state index contributed by atoms with van der Waals surface area (Å²) >= 11 is 0. The zero-order valence-corrected chi connectivity index (χ0v) is 12.1. The Morgan fingerprint density at radius 3 is 2.58 bits per heavy atom. The van der Waals surface area contributed by atoms with E-state index in [9.17, 15) is 4.79 Å². The number of carbonyl (C=O) groups excluding carboxylic acids is 1. The molecule has 2 rings (SSSR count). The number of carbonyl (C=O) groups is 1. The first-order chi connectivity index (χ1) is 9.08. The van der Waals surface area contributed by atoms with Crippen LogP contribution in [-0.4, -0.2) is 25.5 Å². The minimum Gasteiger partial charge on any atom is -0.316 e. The third kappa shape index (κ3) is 3.57. The number of hydrogen-bond acceptors (Lipinski definition) is 2. The number of hydrogen-bond donors (Lipinski definition) is 1. The molecule has 0 aliphatic carbocycles. The minimum absolute atomic E-state index is 0.219.